The summed E-state index contributed by atoms with van der Waals surface area (Å²) in [5.74, 6) is 1.19. The van der Waals surface area contributed by atoms with Crippen molar-refractivity contribution in [1.82, 2.24) is 4.98 Å². The smallest absolute Gasteiger partial charge is 0.212 e. The zero-order valence-corrected chi connectivity index (χ0v) is 17.8. The Bertz CT molecular complexity index is 755. The summed E-state index contributed by atoms with van der Waals surface area (Å²) in [4.78, 5) is 4.11. The second-order valence-corrected chi connectivity index (χ2v) is 8.43. The number of rotatable bonds is 6. The van der Waals surface area contributed by atoms with E-state index in [4.69, 9.17) is 18.9 Å². The molecule has 0 spiro atoms. The molecule has 1 unspecified atom stereocenters. The third-order valence-corrected chi connectivity index (χ3v) is 5.12. The number of ether oxygens (including phenoxy) is 4. The molecule has 1 aliphatic rings. The van der Waals surface area contributed by atoms with Crippen LogP contribution in [0, 0.1) is 8.99 Å². The van der Waals surface area contributed by atoms with Gasteiger partial charge in [-0.3, -0.25) is 0 Å². The van der Waals surface area contributed by atoms with E-state index in [1.165, 1.54) is 0 Å². The van der Waals surface area contributed by atoms with Crippen molar-refractivity contribution >= 4 is 22.6 Å². The number of hydrogen-bond donors (Lipinski definition) is 1. The molecule has 1 fully saturated rings. The molecule has 1 N–H and O–H groups in total. The number of pyridine rings is 1. The van der Waals surface area contributed by atoms with Crippen molar-refractivity contribution in [1.29, 1.82) is 0 Å². The van der Waals surface area contributed by atoms with Crippen LogP contribution < -0.4 is 9.47 Å². The molecule has 27 heavy (non-hydrogen) atoms. The topological polar surface area (TPSA) is 70.0 Å². The molecular weight excluding hydrogens is 461 g/mol. The van der Waals surface area contributed by atoms with Gasteiger partial charge in [-0.05, 0) is 40.8 Å². The lowest BCUT2D eigenvalue weighted by Gasteiger charge is -2.34. The van der Waals surface area contributed by atoms with Gasteiger partial charge in [0.05, 0.1) is 23.9 Å². The van der Waals surface area contributed by atoms with Crippen LogP contribution in [0.1, 0.15) is 37.4 Å². The molecule has 0 bridgehead atoms. The Hall–Kier alpha value is -1.42. The van der Waals surface area contributed by atoms with E-state index in [0.29, 0.717) is 30.4 Å². The Balaban J connectivity index is 1.64. The predicted molar refractivity (Wildman–Crippen MR) is 109 cm³/mol. The Morgan fingerprint density at radius 3 is 2.63 bits per heavy atom. The van der Waals surface area contributed by atoms with Gasteiger partial charge in [0.15, 0.2) is 6.29 Å². The number of hydrogen-bond acceptors (Lipinski definition) is 6. The van der Waals surface area contributed by atoms with Crippen LogP contribution in [-0.2, 0) is 9.47 Å². The van der Waals surface area contributed by atoms with Crippen LogP contribution in [0.4, 0.5) is 0 Å². The summed E-state index contributed by atoms with van der Waals surface area (Å²) < 4.78 is 23.5. The van der Waals surface area contributed by atoms with Crippen molar-refractivity contribution in [2.45, 2.75) is 26.2 Å². The van der Waals surface area contributed by atoms with Crippen LogP contribution in [0.3, 0.4) is 0 Å². The maximum atomic E-state index is 10.4. The quantitative estimate of drug-likeness (QED) is 0.627. The van der Waals surface area contributed by atoms with Crippen molar-refractivity contribution in [3.8, 4) is 11.6 Å². The predicted octanol–water partition coefficient (Wildman–Crippen LogP) is 3.88. The SMILES string of the molecule is COc1ccc(C(O)COc2cc(C3OCC(C)(C)CO3)ccc2I)cn1. The minimum atomic E-state index is -0.786. The summed E-state index contributed by atoms with van der Waals surface area (Å²) in [6, 6.07) is 9.32. The van der Waals surface area contributed by atoms with Gasteiger partial charge in [-0.25, -0.2) is 4.98 Å². The largest absolute Gasteiger partial charge is 0.489 e. The fourth-order valence-corrected chi connectivity index (χ4v) is 3.13. The standard InChI is InChI=1S/C20H24INO5/c1-20(2)11-26-19(27-12-20)13-4-6-15(21)17(8-13)25-10-16(23)14-5-7-18(24-3)22-9-14/h4-9,16,19,23H,10-12H2,1-3H3. The molecule has 1 aliphatic heterocycles. The second-order valence-electron chi connectivity index (χ2n) is 7.27. The molecule has 2 aromatic rings. The molecule has 1 aromatic carbocycles. The van der Waals surface area contributed by atoms with E-state index in [9.17, 15) is 5.11 Å². The van der Waals surface area contributed by atoms with E-state index in [1.807, 2.05) is 18.2 Å². The average Bonchev–Trinajstić information content (AvgIpc) is 2.67. The number of benzene rings is 1. The maximum absolute atomic E-state index is 10.4. The Morgan fingerprint density at radius 2 is 2.00 bits per heavy atom. The van der Waals surface area contributed by atoms with Gasteiger partial charge in [-0.2, -0.15) is 0 Å². The van der Waals surface area contributed by atoms with Crippen LogP contribution in [-0.4, -0.2) is 37.0 Å². The van der Waals surface area contributed by atoms with Gasteiger partial charge < -0.3 is 24.1 Å². The summed E-state index contributed by atoms with van der Waals surface area (Å²) in [7, 11) is 1.55. The highest BCUT2D eigenvalue weighted by Gasteiger charge is 2.29. The van der Waals surface area contributed by atoms with E-state index in [0.717, 1.165) is 9.13 Å². The third kappa shape index (κ3) is 5.31. The third-order valence-electron chi connectivity index (χ3n) is 4.23. The first-order chi connectivity index (χ1) is 12.9. The first-order valence-electron chi connectivity index (χ1n) is 8.71. The van der Waals surface area contributed by atoms with E-state index >= 15 is 0 Å². The average molecular weight is 485 g/mol. The summed E-state index contributed by atoms with van der Waals surface area (Å²) in [6.07, 6.45) is 0.401. The molecule has 6 nitrogen and oxygen atoms in total. The normalized spacial score (nSPS) is 18.1. The lowest BCUT2D eigenvalue weighted by Crippen LogP contribution is -2.33. The van der Waals surface area contributed by atoms with Gasteiger partial charge >= 0.3 is 0 Å². The summed E-state index contributed by atoms with van der Waals surface area (Å²) in [5.41, 5.74) is 1.60. The maximum Gasteiger partial charge on any atom is 0.212 e. The second kappa shape index (κ2) is 8.72. The molecule has 0 aliphatic carbocycles. The van der Waals surface area contributed by atoms with Crippen LogP contribution in [0.15, 0.2) is 36.5 Å². The van der Waals surface area contributed by atoms with Crippen molar-refractivity contribution in [2.24, 2.45) is 5.41 Å². The monoisotopic (exact) mass is 485 g/mol. The molecule has 1 saturated heterocycles. The number of aromatic nitrogens is 1. The van der Waals surface area contributed by atoms with E-state index in [-0.39, 0.29) is 12.0 Å². The van der Waals surface area contributed by atoms with Gasteiger partial charge in [0.25, 0.3) is 0 Å². The van der Waals surface area contributed by atoms with Crippen LogP contribution in [0.25, 0.3) is 0 Å². The fourth-order valence-electron chi connectivity index (χ4n) is 2.64. The number of halogens is 1. The number of aliphatic hydroxyl groups excluding tert-OH is 1. The number of aliphatic hydroxyl groups is 1. The zero-order valence-electron chi connectivity index (χ0n) is 15.6. The van der Waals surface area contributed by atoms with Crippen LogP contribution in [0.5, 0.6) is 11.6 Å². The van der Waals surface area contributed by atoms with Gasteiger partial charge in [0.1, 0.15) is 18.5 Å². The van der Waals surface area contributed by atoms with Crippen LogP contribution >= 0.6 is 22.6 Å². The van der Waals surface area contributed by atoms with E-state index in [2.05, 4.69) is 41.4 Å². The molecule has 0 amide bonds. The van der Waals surface area contributed by atoms with Gasteiger partial charge in [-0.15, -0.1) is 0 Å². The Labute approximate surface area is 172 Å². The van der Waals surface area contributed by atoms with Gasteiger partial charge in [0, 0.05) is 28.8 Å². The van der Waals surface area contributed by atoms with Crippen LogP contribution in [0.2, 0.25) is 0 Å². The van der Waals surface area contributed by atoms with Crippen molar-refractivity contribution in [3.63, 3.8) is 0 Å². The van der Waals surface area contributed by atoms with E-state index < -0.39 is 12.4 Å². The molecule has 1 aromatic heterocycles. The van der Waals surface area contributed by atoms with Gasteiger partial charge in [-0.1, -0.05) is 19.9 Å². The molecule has 3 rings (SSSR count). The molecule has 0 radical (unpaired) electrons. The van der Waals surface area contributed by atoms with E-state index in [1.54, 1.807) is 25.4 Å². The molecule has 7 heteroatoms. The lowest BCUT2D eigenvalue weighted by atomic mass is 9.95. The first kappa shape index (κ1) is 20.3. The zero-order chi connectivity index (χ0) is 19.4. The van der Waals surface area contributed by atoms with Crippen molar-refractivity contribution in [3.05, 3.63) is 51.2 Å². The molecule has 0 saturated carbocycles. The fraction of sp³-hybridized carbons (Fsp3) is 0.450. The van der Waals surface area contributed by atoms with Gasteiger partial charge in [0.2, 0.25) is 5.88 Å². The minimum absolute atomic E-state index is 0.0234. The summed E-state index contributed by atoms with van der Waals surface area (Å²) in [6.45, 7) is 5.63. The highest BCUT2D eigenvalue weighted by atomic mass is 127. The lowest BCUT2D eigenvalue weighted by molar-refractivity contribution is -0.226. The number of methoxy groups -OCH3 is 1. The minimum Gasteiger partial charge on any atom is -0.489 e. The molecule has 146 valence electrons. The number of nitrogens with zero attached hydrogens (tertiary/aromatic N) is 1. The first-order valence-corrected chi connectivity index (χ1v) is 9.79. The molecule has 1 atom stereocenters. The molecule has 2 heterocycles. The summed E-state index contributed by atoms with van der Waals surface area (Å²) in [5, 5.41) is 10.4. The highest BCUT2D eigenvalue weighted by Crippen LogP contribution is 2.34. The Kier molecular flexibility index (Phi) is 6.56. The highest BCUT2D eigenvalue weighted by molar-refractivity contribution is 14.1. The van der Waals surface area contributed by atoms with Crippen molar-refractivity contribution in [2.75, 3.05) is 26.9 Å². The Morgan fingerprint density at radius 1 is 1.26 bits per heavy atom. The molecular formula is C20H24INO5. The summed E-state index contributed by atoms with van der Waals surface area (Å²) >= 11 is 2.21. The van der Waals surface area contributed by atoms with Crippen molar-refractivity contribution < 1.29 is 24.1 Å².